The van der Waals surface area contributed by atoms with E-state index in [0.29, 0.717) is 5.02 Å². The summed E-state index contributed by atoms with van der Waals surface area (Å²) in [5.74, 6) is 0.793. The van der Waals surface area contributed by atoms with Crippen LogP contribution in [0.25, 0.3) is 10.2 Å². The predicted octanol–water partition coefficient (Wildman–Crippen LogP) is 6.01. The number of hydrogen-bond acceptors (Lipinski definition) is 4. The standard InChI is InChI=1S/C17H15Cl2N3S/c18-10-6-8-11(9-7-10)20-15-14-12-4-2-1-3-5-13(12)23-16(14)22-17(19)21-15/h6-9H,1-5H2,(H,20,21,22). The Bertz CT molecular complexity index is 858. The van der Waals surface area contributed by atoms with Gasteiger partial charge >= 0.3 is 0 Å². The van der Waals surface area contributed by atoms with Gasteiger partial charge in [-0.25, -0.2) is 4.98 Å². The van der Waals surface area contributed by atoms with Crippen LogP contribution in [-0.2, 0) is 12.8 Å². The third-order valence-electron chi connectivity index (χ3n) is 4.14. The molecule has 2 heterocycles. The van der Waals surface area contributed by atoms with Gasteiger partial charge in [-0.1, -0.05) is 18.0 Å². The molecular formula is C17H15Cl2N3S. The number of aromatic nitrogens is 2. The molecular weight excluding hydrogens is 349 g/mol. The highest BCUT2D eigenvalue weighted by atomic mass is 35.5. The van der Waals surface area contributed by atoms with Gasteiger partial charge in [-0.2, -0.15) is 4.98 Å². The normalized spacial score (nSPS) is 14.5. The van der Waals surface area contributed by atoms with Gasteiger partial charge in [-0.15, -0.1) is 11.3 Å². The molecule has 1 aromatic carbocycles. The van der Waals surface area contributed by atoms with Gasteiger partial charge in [0.15, 0.2) is 0 Å². The molecule has 0 saturated heterocycles. The van der Waals surface area contributed by atoms with Crippen LogP contribution >= 0.6 is 34.5 Å². The van der Waals surface area contributed by atoms with Gasteiger partial charge in [0.05, 0.1) is 5.39 Å². The first-order chi connectivity index (χ1) is 11.2. The molecule has 0 amide bonds. The zero-order chi connectivity index (χ0) is 15.8. The van der Waals surface area contributed by atoms with Crippen LogP contribution in [0, 0.1) is 0 Å². The fraction of sp³-hybridized carbons (Fsp3) is 0.294. The van der Waals surface area contributed by atoms with E-state index in [0.717, 1.165) is 34.6 Å². The molecule has 6 heteroatoms. The van der Waals surface area contributed by atoms with Gasteiger partial charge < -0.3 is 5.32 Å². The van der Waals surface area contributed by atoms with E-state index in [-0.39, 0.29) is 5.28 Å². The third-order valence-corrected chi connectivity index (χ3v) is 5.75. The lowest BCUT2D eigenvalue weighted by molar-refractivity contribution is 0.713. The van der Waals surface area contributed by atoms with Crippen molar-refractivity contribution in [2.24, 2.45) is 0 Å². The van der Waals surface area contributed by atoms with Crippen LogP contribution in [0.5, 0.6) is 0 Å². The van der Waals surface area contributed by atoms with Gasteiger partial charge in [0.1, 0.15) is 10.6 Å². The summed E-state index contributed by atoms with van der Waals surface area (Å²) in [4.78, 5) is 11.3. The monoisotopic (exact) mass is 363 g/mol. The largest absolute Gasteiger partial charge is 0.340 e. The Balaban J connectivity index is 1.84. The molecule has 0 aliphatic heterocycles. The number of thiophene rings is 1. The first kappa shape index (κ1) is 15.2. The van der Waals surface area contributed by atoms with Crippen molar-refractivity contribution in [1.29, 1.82) is 0 Å². The Morgan fingerprint density at radius 2 is 1.74 bits per heavy atom. The summed E-state index contributed by atoms with van der Waals surface area (Å²) < 4.78 is 0. The van der Waals surface area contributed by atoms with Gasteiger partial charge in [0.25, 0.3) is 0 Å². The zero-order valence-corrected chi connectivity index (χ0v) is 14.7. The summed E-state index contributed by atoms with van der Waals surface area (Å²) in [5, 5.41) is 5.51. The average Bonchev–Trinajstić information content (AvgIpc) is 2.71. The van der Waals surface area contributed by atoms with Crippen LogP contribution in [0.4, 0.5) is 11.5 Å². The smallest absolute Gasteiger partial charge is 0.225 e. The summed E-state index contributed by atoms with van der Waals surface area (Å²) in [6.45, 7) is 0. The molecule has 0 saturated carbocycles. The Kier molecular flexibility index (Phi) is 4.14. The van der Waals surface area contributed by atoms with Gasteiger partial charge in [0, 0.05) is 15.6 Å². The van der Waals surface area contributed by atoms with E-state index >= 15 is 0 Å². The van der Waals surface area contributed by atoms with Crippen molar-refractivity contribution in [3.63, 3.8) is 0 Å². The van der Waals surface area contributed by atoms with E-state index in [1.807, 2.05) is 24.3 Å². The van der Waals surface area contributed by atoms with Crippen molar-refractivity contribution in [3.05, 3.63) is 45.0 Å². The number of halogens is 2. The summed E-state index contributed by atoms with van der Waals surface area (Å²) in [5.41, 5.74) is 2.34. The molecule has 1 N–H and O–H groups in total. The summed E-state index contributed by atoms with van der Waals surface area (Å²) in [6.07, 6.45) is 5.99. The SMILES string of the molecule is Clc1ccc(Nc2nc(Cl)nc3sc4c(c23)CCCCC4)cc1. The van der Waals surface area contributed by atoms with Crippen LogP contribution in [0.2, 0.25) is 10.3 Å². The second kappa shape index (κ2) is 6.27. The predicted molar refractivity (Wildman–Crippen MR) is 98.4 cm³/mol. The minimum absolute atomic E-state index is 0.283. The van der Waals surface area contributed by atoms with Crippen molar-refractivity contribution in [2.45, 2.75) is 32.1 Å². The van der Waals surface area contributed by atoms with Gasteiger partial charge in [-0.3, -0.25) is 0 Å². The quantitative estimate of drug-likeness (QED) is 0.447. The van der Waals surface area contributed by atoms with E-state index in [2.05, 4.69) is 15.3 Å². The Morgan fingerprint density at radius 3 is 2.57 bits per heavy atom. The lowest BCUT2D eigenvalue weighted by Gasteiger charge is -2.09. The fourth-order valence-electron chi connectivity index (χ4n) is 3.07. The van der Waals surface area contributed by atoms with Crippen LogP contribution in [0.1, 0.15) is 29.7 Å². The van der Waals surface area contributed by atoms with E-state index in [4.69, 9.17) is 23.2 Å². The van der Waals surface area contributed by atoms with E-state index in [1.54, 1.807) is 11.3 Å². The van der Waals surface area contributed by atoms with Crippen LogP contribution in [0.3, 0.4) is 0 Å². The summed E-state index contributed by atoms with van der Waals surface area (Å²) in [7, 11) is 0. The van der Waals surface area contributed by atoms with Gasteiger partial charge in [0.2, 0.25) is 5.28 Å². The lowest BCUT2D eigenvalue weighted by atomic mass is 10.1. The van der Waals surface area contributed by atoms with Crippen molar-refractivity contribution < 1.29 is 0 Å². The molecule has 1 aliphatic carbocycles. The minimum atomic E-state index is 0.283. The van der Waals surface area contributed by atoms with Crippen molar-refractivity contribution in [2.75, 3.05) is 5.32 Å². The van der Waals surface area contributed by atoms with Crippen LogP contribution < -0.4 is 5.32 Å². The average molecular weight is 364 g/mol. The maximum atomic E-state index is 6.13. The first-order valence-corrected chi connectivity index (χ1v) is 9.28. The molecule has 0 radical (unpaired) electrons. The number of fused-ring (bicyclic) bond motifs is 3. The molecule has 3 nitrogen and oxygen atoms in total. The van der Waals surface area contributed by atoms with Crippen LogP contribution in [0.15, 0.2) is 24.3 Å². The molecule has 2 aromatic heterocycles. The second-order valence-electron chi connectivity index (χ2n) is 5.72. The Labute approximate surface area is 148 Å². The maximum Gasteiger partial charge on any atom is 0.225 e. The fourth-order valence-corrected chi connectivity index (χ4v) is 4.67. The summed E-state index contributed by atoms with van der Waals surface area (Å²) in [6, 6.07) is 7.60. The van der Waals surface area contributed by atoms with Crippen molar-refractivity contribution in [1.82, 2.24) is 9.97 Å². The third kappa shape index (κ3) is 3.03. The van der Waals surface area contributed by atoms with E-state index in [1.165, 1.54) is 29.7 Å². The number of nitrogens with one attached hydrogen (secondary N) is 1. The van der Waals surface area contributed by atoms with Crippen molar-refractivity contribution in [3.8, 4) is 0 Å². The number of nitrogens with zero attached hydrogens (tertiary/aromatic N) is 2. The molecule has 23 heavy (non-hydrogen) atoms. The van der Waals surface area contributed by atoms with Crippen LogP contribution in [-0.4, -0.2) is 9.97 Å². The Hall–Kier alpha value is -1.36. The molecule has 4 rings (SSSR count). The number of anilines is 2. The molecule has 0 fully saturated rings. The van der Waals surface area contributed by atoms with E-state index < -0.39 is 0 Å². The Morgan fingerprint density at radius 1 is 0.957 bits per heavy atom. The molecule has 0 unspecified atom stereocenters. The summed E-state index contributed by atoms with van der Waals surface area (Å²) >= 11 is 13.8. The minimum Gasteiger partial charge on any atom is -0.340 e. The number of aryl methyl sites for hydroxylation is 2. The highest BCUT2D eigenvalue weighted by molar-refractivity contribution is 7.19. The molecule has 0 spiro atoms. The molecule has 118 valence electrons. The highest BCUT2D eigenvalue weighted by Crippen LogP contribution is 2.39. The number of rotatable bonds is 2. The molecule has 0 atom stereocenters. The molecule has 1 aliphatic rings. The molecule has 3 aromatic rings. The zero-order valence-electron chi connectivity index (χ0n) is 12.4. The highest BCUT2D eigenvalue weighted by Gasteiger charge is 2.20. The maximum absolute atomic E-state index is 6.13. The first-order valence-electron chi connectivity index (χ1n) is 7.71. The number of hydrogen-bond donors (Lipinski definition) is 1. The topological polar surface area (TPSA) is 37.8 Å². The lowest BCUT2D eigenvalue weighted by Crippen LogP contribution is -1.98. The van der Waals surface area contributed by atoms with Gasteiger partial charge in [-0.05, 0) is 67.1 Å². The number of benzene rings is 1. The molecule has 0 bridgehead atoms. The van der Waals surface area contributed by atoms with E-state index in [9.17, 15) is 0 Å². The van der Waals surface area contributed by atoms with Crippen molar-refractivity contribution >= 4 is 56.3 Å². The second-order valence-corrected chi connectivity index (χ2v) is 7.58.